The zero-order chi connectivity index (χ0) is 24.4. The van der Waals surface area contributed by atoms with Gasteiger partial charge in [0.25, 0.3) is 0 Å². The number of fused-ring (bicyclic) bond motifs is 1. The summed E-state index contributed by atoms with van der Waals surface area (Å²) in [5.74, 6) is 0.900. The van der Waals surface area contributed by atoms with E-state index in [0.29, 0.717) is 23.4 Å². The molecule has 1 saturated heterocycles. The van der Waals surface area contributed by atoms with Gasteiger partial charge in [0.05, 0.1) is 0 Å². The topological polar surface area (TPSA) is 70.0 Å². The molecular formula is C28H26FNO4S. The first-order chi connectivity index (χ1) is 17.0. The summed E-state index contributed by atoms with van der Waals surface area (Å²) in [7, 11) is 0. The second-order valence-corrected chi connectivity index (χ2v) is 9.79. The van der Waals surface area contributed by atoms with Gasteiger partial charge in [-0.2, -0.15) is 0 Å². The highest BCUT2D eigenvalue weighted by molar-refractivity contribution is 7.22. The summed E-state index contributed by atoms with van der Waals surface area (Å²) in [5.41, 5.74) is 1.94. The van der Waals surface area contributed by atoms with E-state index < -0.39 is 0 Å². The lowest BCUT2D eigenvalue weighted by molar-refractivity contribution is 0.0968. The SMILES string of the molecule is O=C(c1ccc(OC2CCN(CCF)CC2)cc1)c1c(-c2ccc(O)cc2)sc2cc(O)ccc12. The highest BCUT2D eigenvalue weighted by atomic mass is 32.1. The molecule has 35 heavy (non-hydrogen) atoms. The smallest absolute Gasteiger partial charge is 0.195 e. The molecule has 0 saturated carbocycles. The fourth-order valence-electron chi connectivity index (χ4n) is 4.52. The van der Waals surface area contributed by atoms with Gasteiger partial charge in [-0.15, -0.1) is 11.3 Å². The number of phenolic OH excluding ortho intramolecular Hbond substituents is 2. The predicted octanol–water partition coefficient (Wildman–Crippen LogP) is 6.02. The highest BCUT2D eigenvalue weighted by Crippen LogP contribution is 2.41. The monoisotopic (exact) mass is 491 g/mol. The normalized spacial score (nSPS) is 14.9. The first-order valence-electron chi connectivity index (χ1n) is 11.7. The first-order valence-corrected chi connectivity index (χ1v) is 12.5. The van der Waals surface area contributed by atoms with Crippen molar-refractivity contribution < 1.29 is 24.1 Å². The third-order valence-electron chi connectivity index (χ3n) is 6.38. The molecule has 1 aromatic heterocycles. The van der Waals surface area contributed by atoms with Crippen molar-refractivity contribution in [1.29, 1.82) is 0 Å². The third-order valence-corrected chi connectivity index (χ3v) is 7.59. The maximum absolute atomic E-state index is 13.7. The predicted molar refractivity (Wildman–Crippen MR) is 137 cm³/mol. The summed E-state index contributed by atoms with van der Waals surface area (Å²) in [6.07, 6.45) is 1.79. The fourth-order valence-corrected chi connectivity index (χ4v) is 5.76. The largest absolute Gasteiger partial charge is 0.508 e. The molecule has 0 amide bonds. The standard InChI is InChI=1S/C28H26FNO4S/c29-13-16-30-14-11-23(12-15-30)34-22-8-3-18(4-9-22)27(33)26-24-10-7-21(32)17-25(24)35-28(26)19-1-5-20(31)6-2-19/h1-10,17,23,31-32H,11-16H2. The number of carbonyl (C=O) groups is 1. The molecule has 2 heterocycles. The summed E-state index contributed by atoms with van der Waals surface area (Å²) >= 11 is 1.44. The fraction of sp³-hybridized carbons (Fsp3) is 0.250. The second kappa shape index (κ2) is 10.1. The number of aromatic hydroxyl groups is 2. The summed E-state index contributed by atoms with van der Waals surface area (Å²) in [4.78, 5) is 16.6. The van der Waals surface area contributed by atoms with E-state index in [9.17, 15) is 19.4 Å². The number of benzene rings is 3. The van der Waals surface area contributed by atoms with Crippen LogP contribution in [-0.2, 0) is 0 Å². The minimum absolute atomic E-state index is 0.0852. The van der Waals surface area contributed by atoms with Gasteiger partial charge >= 0.3 is 0 Å². The quantitative estimate of drug-likeness (QED) is 0.309. The Morgan fingerprint density at radius 3 is 2.34 bits per heavy atom. The number of ketones is 1. The molecule has 1 fully saturated rings. The Hall–Kier alpha value is -3.42. The van der Waals surface area contributed by atoms with Crippen LogP contribution in [0.2, 0.25) is 0 Å². The van der Waals surface area contributed by atoms with Gasteiger partial charge < -0.3 is 19.8 Å². The Balaban J connectivity index is 1.40. The number of ether oxygens (including phenoxy) is 1. The molecule has 1 aliphatic rings. The van der Waals surface area contributed by atoms with E-state index >= 15 is 0 Å². The number of alkyl halides is 1. The maximum atomic E-state index is 13.7. The molecule has 0 unspecified atom stereocenters. The molecule has 180 valence electrons. The van der Waals surface area contributed by atoms with E-state index in [0.717, 1.165) is 46.5 Å². The summed E-state index contributed by atoms with van der Waals surface area (Å²) in [6.45, 7) is 1.81. The van der Waals surface area contributed by atoms with Crippen molar-refractivity contribution in [3.63, 3.8) is 0 Å². The molecule has 5 nitrogen and oxygen atoms in total. The lowest BCUT2D eigenvalue weighted by Crippen LogP contribution is -2.39. The second-order valence-electron chi connectivity index (χ2n) is 8.73. The molecule has 0 atom stereocenters. The van der Waals surface area contributed by atoms with Crippen molar-refractivity contribution in [1.82, 2.24) is 4.90 Å². The van der Waals surface area contributed by atoms with Crippen LogP contribution in [0.1, 0.15) is 28.8 Å². The van der Waals surface area contributed by atoms with E-state index in [-0.39, 0.29) is 30.1 Å². The number of carbonyl (C=O) groups excluding carboxylic acids is 1. The van der Waals surface area contributed by atoms with Gasteiger partial charge in [0.1, 0.15) is 30.0 Å². The number of phenols is 2. The number of rotatable bonds is 7. The molecule has 5 rings (SSSR count). The van der Waals surface area contributed by atoms with Gasteiger partial charge in [-0.05, 0) is 85.1 Å². The van der Waals surface area contributed by atoms with Crippen LogP contribution >= 0.6 is 11.3 Å². The summed E-state index contributed by atoms with van der Waals surface area (Å²) in [5, 5.41) is 20.4. The number of nitrogens with zero attached hydrogens (tertiary/aromatic N) is 1. The van der Waals surface area contributed by atoms with Crippen LogP contribution in [0.5, 0.6) is 17.2 Å². The van der Waals surface area contributed by atoms with Crippen LogP contribution in [0.4, 0.5) is 4.39 Å². The summed E-state index contributed by atoms with van der Waals surface area (Å²) < 4.78 is 19.5. The highest BCUT2D eigenvalue weighted by Gasteiger charge is 2.23. The van der Waals surface area contributed by atoms with Crippen LogP contribution in [0, 0.1) is 0 Å². The number of hydrogen-bond donors (Lipinski definition) is 2. The van der Waals surface area contributed by atoms with E-state index in [2.05, 4.69) is 4.90 Å². The van der Waals surface area contributed by atoms with Crippen molar-refractivity contribution in [2.75, 3.05) is 26.3 Å². The number of likely N-dealkylation sites (tertiary alicyclic amines) is 1. The number of halogens is 1. The lowest BCUT2D eigenvalue weighted by atomic mass is 9.97. The van der Waals surface area contributed by atoms with Gasteiger partial charge in [0, 0.05) is 45.7 Å². The van der Waals surface area contributed by atoms with Gasteiger partial charge in [-0.25, -0.2) is 4.39 Å². The number of piperidine rings is 1. The molecule has 4 aromatic rings. The minimum atomic E-state index is -0.323. The maximum Gasteiger partial charge on any atom is 0.195 e. The number of thiophene rings is 1. The van der Waals surface area contributed by atoms with Crippen molar-refractivity contribution in [3.05, 3.63) is 77.9 Å². The molecule has 7 heteroatoms. The molecular weight excluding hydrogens is 465 g/mol. The Kier molecular flexibility index (Phi) is 6.70. The average Bonchev–Trinajstić information content (AvgIpc) is 3.24. The Bertz CT molecular complexity index is 1330. The average molecular weight is 492 g/mol. The molecule has 0 bridgehead atoms. The van der Waals surface area contributed by atoms with Gasteiger partial charge in [0.15, 0.2) is 5.78 Å². The van der Waals surface area contributed by atoms with Crippen LogP contribution in [0.25, 0.3) is 20.5 Å². The van der Waals surface area contributed by atoms with Crippen molar-refractivity contribution in [2.45, 2.75) is 18.9 Å². The van der Waals surface area contributed by atoms with E-state index in [1.807, 2.05) is 12.1 Å². The van der Waals surface area contributed by atoms with Crippen molar-refractivity contribution in [3.8, 4) is 27.7 Å². The molecule has 2 N–H and O–H groups in total. The molecule has 0 radical (unpaired) electrons. The van der Waals surface area contributed by atoms with Gasteiger partial charge in [-0.3, -0.25) is 4.79 Å². The van der Waals surface area contributed by atoms with E-state index in [1.54, 1.807) is 54.6 Å². The first kappa shape index (κ1) is 23.3. The zero-order valence-corrected chi connectivity index (χ0v) is 19.9. The van der Waals surface area contributed by atoms with Crippen LogP contribution in [0.15, 0.2) is 66.7 Å². The van der Waals surface area contributed by atoms with Crippen LogP contribution < -0.4 is 4.74 Å². The third kappa shape index (κ3) is 5.01. The van der Waals surface area contributed by atoms with Gasteiger partial charge in [0.2, 0.25) is 0 Å². The zero-order valence-electron chi connectivity index (χ0n) is 19.1. The molecule has 1 aliphatic heterocycles. The molecule has 3 aromatic carbocycles. The molecule has 0 aliphatic carbocycles. The van der Waals surface area contributed by atoms with Crippen LogP contribution in [-0.4, -0.2) is 53.3 Å². The Labute approximate surface area is 207 Å². The van der Waals surface area contributed by atoms with Crippen molar-refractivity contribution >= 4 is 27.2 Å². The van der Waals surface area contributed by atoms with E-state index in [4.69, 9.17) is 4.74 Å². The minimum Gasteiger partial charge on any atom is -0.508 e. The Morgan fingerprint density at radius 2 is 1.66 bits per heavy atom. The lowest BCUT2D eigenvalue weighted by Gasteiger charge is -2.31. The van der Waals surface area contributed by atoms with Gasteiger partial charge in [-0.1, -0.05) is 0 Å². The van der Waals surface area contributed by atoms with Crippen molar-refractivity contribution in [2.24, 2.45) is 0 Å². The molecule has 0 spiro atoms. The number of hydrogen-bond acceptors (Lipinski definition) is 6. The summed E-state index contributed by atoms with van der Waals surface area (Å²) in [6, 6.07) is 19.0. The Morgan fingerprint density at radius 1 is 0.971 bits per heavy atom. The van der Waals surface area contributed by atoms with E-state index in [1.165, 1.54) is 11.3 Å². The van der Waals surface area contributed by atoms with Crippen LogP contribution in [0.3, 0.4) is 0 Å².